The Hall–Kier alpha value is -2.76. The third-order valence-corrected chi connectivity index (χ3v) is 7.39. The molecule has 0 radical (unpaired) electrons. The first-order chi connectivity index (χ1) is 17.4. The van der Waals surface area contributed by atoms with Crippen molar-refractivity contribution in [3.8, 4) is 0 Å². The molecule has 3 aromatic carbocycles. The molecule has 0 aromatic heterocycles. The van der Waals surface area contributed by atoms with Gasteiger partial charge in [0, 0.05) is 29.8 Å². The van der Waals surface area contributed by atoms with Gasteiger partial charge in [-0.05, 0) is 49.1 Å². The summed E-state index contributed by atoms with van der Waals surface area (Å²) < 4.78 is 0. The first-order valence-corrected chi connectivity index (χ1v) is 13.9. The van der Waals surface area contributed by atoms with Gasteiger partial charge in [0.25, 0.3) is 0 Å². The quantitative estimate of drug-likeness (QED) is 0.298. The maximum atomic E-state index is 13.6. The number of hydrogen-bond acceptors (Lipinski definition) is 3. The Morgan fingerprint density at radius 1 is 0.917 bits per heavy atom. The molecule has 3 rings (SSSR count). The lowest BCUT2D eigenvalue weighted by atomic mass is 10.0. The number of thioether (sulfide) groups is 1. The van der Waals surface area contributed by atoms with E-state index in [9.17, 15) is 9.59 Å². The van der Waals surface area contributed by atoms with Crippen LogP contribution in [0.25, 0.3) is 0 Å². The van der Waals surface area contributed by atoms with Crippen molar-refractivity contribution >= 4 is 35.2 Å². The van der Waals surface area contributed by atoms with Gasteiger partial charge in [-0.25, -0.2) is 0 Å². The van der Waals surface area contributed by atoms with E-state index in [-0.39, 0.29) is 17.9 Å². The maximum absolute atomic E-state index is 13.6. The summed E-state index contributed by atoms with van der Waals surface area (Å²) in [6.45, 7) is 6.43. The fraction of sp³-hybridized carbons (Fsp3) is 0.333. The Bertz CT molecular complexity index is 1100. The van der Waals surface area contributed by atoms with Crippen molar-refractivity contribution in [1.29, 1.82) is 0 Å². The van der Waals surface area contributed by atoms with E-state index in [2.05, 4.69) is 36.5 Å². The third kappa shape index (κ3) is 8.72. The number of aryl methyl sites for hydroxylation is 1. The second-order valence-electron chi connectivity index (χ2n) is 9.15. The van der Waals surface area contributed by atoms with Gasteiger partial charge in [-0.1, -0.05) is 90.8 Å². The molecule has 2 atom stereocenters. The summed E-state index contributed by atoms with van der Waals surface area (Å²) in [7, 11) is 0. The normalized spacial score (nSPS) is 12.6. The molecule has 190 valence electrons. The molecular formula is C30H35ClN2O2S. The number of hydrogen-bond donors (Lipinski definition) is 1. The number of halogens is 1. The number of rotatable bonds is 12. The average Bonchev–Trinajstić information content (AvgIpc) is 2.88. The van der Waals surface area contributed by atoms with Gasteiger partial charge in [0.2, 0.25) is 11.8 Å². The van der Waals surface area contributed by atoms with E-state index in [1.807, 2.05) is 68.4 Å². The van der Waals surface area contributed by atoms with Gasteiger partial charge in [0.15, 0.2) is 0 Å². The van der Waals surface area contributed by atoms with Gasteiger partial charge in [-0.15, -0.1) is 11.8 Å². The van der Waals surface area contributed by atoms with Crippen molar-refractivity contribution in [1.82, 2.24) is 10.2 Å². The Morgan fingerprint density at radius 3 is 2.19 bits per heavy atom. The van der Waals surface area contributed by atoms with Crippen molar-refractivity contribution in [3.63, 3.8) is 0 Å². The maximum Gasteiger partial charge on any atom is 0.243 e. The number of nitrogens with one attached hydrogen (secondary N) is 1. The Labute approximate surface area is 224 Å². The van der Waals surface area contributed by atoms with E-state index >= 15 is 0 Å². The Kier molecular flexibility index (Phi) is 10.9. The van der Waals surface area contributed by atoms with Gasteiger partial charge in [-0.3, -0.25) is 9.59 Å². The zero-order valence-corrected chi connectivity index (χ0v) is 22.8. The van der Waals surface area contributed by atoms with Crippen LogP contribution in [-0.4, -0.2) is 34.6 Å². The lowest BCUT2D eigenvalue weighted by Gasteiger charge is -2.32. The Morgan fingerprint density at radius 2 is 1.56 bits per heavy atom. The smallest absolute Gasteiger partial charge is 0.243 e. The number of carbonyl (C=O) groups is 2. The molecule has 0 saturated carbocycles. The summed E-state index contributed by atoms with van der Waals surface area (Å²) in [5.74, 6) is 0.855. The van der Waals surface area contributed by atoms with E-state index in [0.29, 0.717) is 23.7 Å². The molecule has 3 aromatic rings. The largest absolute Gasteiger partial charge is 0.352 e. The Balaban J connectivity index is 1.84. The van der Waals surface area contributed by atoms with Crippen LogP contribution in [0.1, 0.15) is 42.5 Å². The molecule has 0 saturated heterocycles. The summed E-state index contributed by atoms with van der Waals surface area (Å²) in [6.07, 6.45) is 1.27. The molecular weight excluding hydrogens is 488 g/mol. The molecule has 6 heteroatoms. The summed E-state index contributed by atoms with van der Waals surface area (Å²) in [4.78, 5) is 28.9. The van der Waals surface area contributed by atoms with Crippen molar-refractivity contribution < 1.29 is 9.59 Å². The third-order valence-electron chi connectivity index (χ3n) is 6.15. The van der Waals surface area contributed by atoms with Crippen LogP contribution in [0.4, 0.5) is 0 Å². The highest BCUT2D eigenvalue weighted by Crippen LogP contribution is 2.20. The first-order valence-electron chi connectivity index (χ1n) is 12.4. The van der Waals surface area contributed by atoms with Gasteiger partial charge in [-0.2, -0.15) is 0 Å². The van der Waals surface area contributed by atoms with Gasteiger partial charge >= 0.3 is 0 Å². The fourth-order valence-corrected chi connectivity index (χ4v) is 4.80. The average molecular weight is 523 g/mol. The van der Waals surface area contributed by atoms with Crippen LogP contribution in [0.3, 0.4) is 0 Å². The second kappa shape index (κ2) is 14.1. The molecule has 1 N–H and O–H groups in total. The van der Waals surface area contributed by atoms with E-state index in [1.54, 1.807) is 16.7 Å². The molecule has 4 nitrogen and oxygen atoms in total. The van der Waals surface area contributed by atoms with Crippen molar-refractivity contribution in [2.24, 2.45) is 0 Å². The van der Waals surface area contributed by atoms with Crippen LogP contribution in [-0.2, 0) is 28.3 Å². The van der Waals surface area contributed by atoms with Crippen LogP contribution in [0, 0.1) is 6.92 Å². The minimum absolute atomic E-state index is 0.0270. The van der Waals surface area contributed by atoms with Crippen molar-refractivity contribution in [2.75, 3.05) is 5.75 Å². The SMILES string of the molecule is CC[C@@H](C)NC(=O)[C@@H](Cc1ccccc1)N(Cc1ccc(Cl)cc1)C(=O)CSCc1ccc(C)cc1. The summed E-state index contributed by atoms with van der Waals surface area (Å²) in [5, 5.41) is 3.75. The van der Waals surface area contributed by atoms with E-state index in [1.165, 1.54) is 11.1 Å². The minimum atomic E-state index is -0.621. The van der Waals surface area contributed by atoms with E-state index in [0.717, 1.165) is 23.3 Å². The van der Waals surface area contributed by atoms with Gasteiger partial charge in [0.1, 0.15) is 6.04 Å². The number of nitrogens with zero attached hydrogens (tertiary/aromatic N) is 1. The summed E-state index contributed by atoms with van der Waals surface area (Å²) >= 11 is 7.66. The summed E-state index contributed by atoms with van der Waals surface area (Å²) in [6, 6.07) is 25.1. The first kappa shape index (κ1) is 27.8. The molecule has 0 bridgehead atoms. The highest BCUT2D eigenvalue weighted by atomic mass is 35.5. The molecule has 0 aliphatic carbocycles. The predicted octanol–water partition coefficient (Wildman–Crippen LogP) is 6.44. The molecule has 36 heavy (non-hydrogen) atoms. The molecule has 0 fully saturated rings. The highest BCUT2D eigenvalue weighted by Gasteiger charge is 2.30. The second-order valence-corrected chi connectivity index (χ2v) is 10.6. The molecule has 0 heterocycles. The predicted molar refractivity (Wildman–Crippen MR) is 151 cm³/mol. The van der Waals surface area contributed by atoms with Crippen molar-refractivity contribution in [2.45, 2.75) is 58.0 Å². The lowest BCUT2D eigenvalue weighted by Crippen LogP contribution is -2.52. The number of amides is 2. The molecule has 2 amide bonds. The molecule has 0 spiro atoms. The van der Waals surface area contributed by atoms with Crippen LogP contribution >= 0.6 is 23.4 Å². The van der Waals surface area contributed by atoms with Crippen LogP contribution in [0.15, 0.2) is 78.9 Å². The number of benzene rings is 3. The van der Waals surface area contributed by atoms with Crippen LogP contribution < -0.4 is 5.32 Å². The van der Waals surface area contributed by atoms with E-state index in [4.69, 9.17) is 11.6 Å². The minimum Gasteiger partial charge on any atom is -0.352 e. The van der Waals surface area contributed by atoms with Gasteiger partial charge < -0.3 is 10.2 Å². The summed E-state index contributed by atoms with van der Waals surface area (Å²) in [5.41, 5.74) is 4.34. The molecule has 0 aliphatic rings. The van der Waals surface area contributed by atoms with Crippen molar-refractivity contribution in [3.05, 3.63) is 106 Å². The van der Waals surface area contributed by atoms with Gasteiger partial charge in [0.05, 0.1) is 5.75 Å². The monoisotopic (exact) mass is 522 g/mol. The molecule has 0 aliphatic heterocycles. The van der Waals surface area contributed by atoms with E-state index < -0.39 is 6.04 Å². The number of carbonyl (C=O) groups excluding carboxylic acids is 2. The topological polar surface area (TPSA) is 49.4 Å². The standard InChI is InChI=1S/C30H35ClN2O2S/c1-4-23(3)32-30(35)28(18-24-8-6-5-7-9-24)33(19-25-14-16-27(31)17-15-25)29(34)21-36-20-26-12-10-22(2)11-13-26/h5-17,23,28H,4,18-21H2,1-3H3,(H,32,35)/t23-,28-/m1/s1. The lowest BCUT2D eigenvalue weighted by molar-refractivity contribution is -0.139. The zero-order valence-electron chi connectivity index (χ0n) is 21.2. The van der Waals surface area contributed by atoms with Crippen LogP contribution in [0.2, 0.25) is 5.02 Å². The highest BCUT2D eigenvalue weighted by molar-refractivity contribution is 7.99. The molecule has 0 unspecified atom stereocenters. The zero-order chi connectivity index (χ0) is 25.9. The van der Waals surface area contributed by atoms with Crippen LogP contribution in [0.5, 0.6) is 0 Å². The fourth-order valence-electron chi connectivity index (χ4n) is 3.80.